The Hall–Kier alpha value is -2.38. The first-order valence-corrected chi connectivity index (χ1v) is 15.5. The molecule has 194 valence electrons. The van der Waals surface area contributed by atoms with Crippen molar-refractivity contribution in [2.45, 2.75) is 34.5 Å². The number of hydrogen-bond donors (Lipinski definition) is 2. The molecule has 4 aromatic rings. The van der Waals surface area contributed by atoms with Crippen LogP contribution in [-0.4, -0.2) is 59.2 Å². The van der Waals surface area contributed by atoms with Gasteiger partial charge in [-0.05, 0) is 56.2 Å². The molecule has 3 heterocycles. The van der Waals surface area contributed by atoms with Crippen molar-refractivity contribution < 1.29 is 19.1 Å². The molecule has 0 unspecified atom stereocenters. The molecule has 1 saturated heterocycles. The van der Waals surface area contributed by atoms with Gasteiger partial charge in [0.05, 0.1) is 44.6 Å². The minimum absolute atomic E-state index is 0.0203. The Kier molecular flexibility index (Phi) is 8.82. The average molecular weight is 575 g/mol. The number of nitrogens with one attached hydrogen (secondary N) is 2. The number of ether oxygens (including phenoxy) is 2. The molecule has 0 bridgehead atoms. The van der Waals surface area contributed by atoms with E-state index in [-0.39, 0.29) is 23.7 Å². The predicted octanol–water partition coefficient (Wildman–Crippen LogP) is 5.42. The summed E-state index contributed by atoms with van der Waals surface area (Å²) in [6.45, 7) is 3.92. The van der Waals surface area contributed by atoms with Crippen LogP contribution in [0.1, 0.15) is 19.8 Å². The van der Waals surface area contributed by atoms with Crippen LogP contribution in [0.3, 0.4) is 0 Å². The minimum Gasteiger partial charge on any atom is -0.494 e. The molecule has 37 heavy (non-hydrogen) atoms. The number of hydrogen-bond acceptors (Lipinski definition) is 10. The summed E-state index contributed by atoms with van der Waals surface area (Å²) in [6.07, 6.45) is 2.20. The summed E-state index contributed by atoms with van der Waals surface area (Å²) in [5.41, 5.74) is 2.47. The van der Waals surface area contributed by atoms with E-state index in [0.717, 1.165) is 60.0 Å². The first kappa shape index (κ1) is 26.2. The van der Waals surface area contributed by atoms with E-state index < -0.39 is 0 Å². The summed E-state index contributed by atoms with van der Waals surface area (Å²) in [6, 6.07) is 11.5. The van der Waals surface area contributed by atoms with Gasteiger partial charge in [-0.25, -0.2) is 9.97 Å². The number of carbonyl (C=O) groups is 2. The van der Waals surface area contributed by atoms with Gasteiger partial charge in [-0.1, -0.05) is 23.5 Å². The number of carbonyl (C=O) groups excluding carboxylic acids is 2. The lowest BCUT2D eigenvalue weighted by Gasteiger charge is -2.09. The lowest BCUT2D eigenvalue weighted by Crippen LogP contribution is -2.32. The highest BCUT2D eigenvalue weighted by molar-refractivity contribution is 8.02. The number of amides is 2. The molecule has 8 nitrogen and oxygen atoms in total. The van der Waals surface area contributed by atoms with E-state index in [4.69, 9.17) is 9.47 Å². The zero-order valence-corrected chi connectivity index (χ0v) is 23.4. The summed E-state index contributed by atoms with van der Waals surface area (Å²) in [7, 11) is 0. The third-order valence-corrected chi connectivity index (χ3v) is 9.83. The van der Waals surface area contributed by atoms with Crippen molar-refractivity contribution in [3.63, 3.8) is 0 Å². The van der Waals surface area contributed by atoms with Crippen molar-refractivity contribution in [1.82, 2.24) is 15.3 Å². The number of rotatable bonds is 11. The van der Waals surface area contributed by atoms with E-state index in [1.165, 1.54) is 34.9 Å². The second-order valence-electron chi connectivity index (χ2n) is 8.27. The van der Waals surface area contributed by atoms with Crippen molar-refractivity contribution in [2.24, 2.45) is 0 Å². The molecule has 12 heteroatoms. The van der Waals surface area contributed by atoms with Gasteiger partial charge in [0.2, 0.25) is 11.8 Å². The summed E-state index contributed by atoms with van der Waals surface area (Å²) in [5.74, 6) is 1.28. The largest absolute Gasteiger partial charge is 0.494 e. The van der Waals surface area contributed by atoms with Gasteiger partial charge in [-0.15, -0.1) is 22.7 Å². The number of anilines is 1. The van der Waals surface area contributed by atoms with E-state index in [0.29, 0.717) is 18.9 Å². The maximum Gasteiger partial charge on any atom is 0.234 e. The van der Waals surface area contributed by atoms with Gasteiger partial charge in [0.1, 0.15) is 5.75 Å². The molecule has 1 aliphatic heterocycles. The number of benzene rings is 2. The lowest BCUT2D eigenvalue weighted by molar-refractivity contribution is -0.119. The number of aromatic nitrogens is 2. The SMILES string of the molecule is CCOc1ccc2nc(SCC(=O)Nc3ccc4nc(SCC(=O)NC[C@H]5CCCO5)sc4c3)sc2c1. The van der Waals surface area contributed by atoms with Crippen LogP contribution in [0.25, 0.3) is 20.4 Å². The van der Waals surface area contributed by atoms with Crippen molar-refractivity contribution in [3.8, 4) is 5.75 Å². The Morgan fingerprint density at radius 3 is 2.43 bits per heavy atom. The van der Waals surface area contributed by atoms with E-state index in [2.05, 4.69) is 20.6 Å². The second kappa shape index (κ2) is 12.4. The Bertz CT molecular complexity index is 1400. The highest BCUT2D eigenvalue weighted by atomic mass is 32.2. The third kappa shape index (κ3) is 7.14. The van der Waals surface area contributed by atoms with Crippen LogP contribution in [0.15, 0.2) is 45.1 Å². The first-order chi connectivity index (χ1) is 18.1. The lowest BCUT2D eigenvalue weighted by atomic mass is 10.2. The highest BCUT2D eigenvalue weighted by Crippen LogP contribution is 2.33. The van der Waals surface area contributed by atoms with E-state index in [1.807, 2.05) is 43.3 Å². The molecule has 1 atom stereocenters. The van der Waals surface area contributed by atoms with Crippen LogP contribution < -0.4 is 15.4 Å². The van der Waals surface area contributed by atoms with Crippen LogP contribution >= 0.6 is 46.2 Å². The van der Waals surface area contributed by atoms with Gasteiger partial charge in [0, 0.05) is 18.8 Å². The summed E-state index contributed by atoms with van der Waals surface area (Å²) >= 11 is 5.90. The van der Waals surface area contributed by atoms with Gasteiger partial charge < -0.3 is 20.1 Å². The van der Waals surface area contributed by atoms with Gasteiger partial charge in [-0.3, -0.25) is 9.59 Å². The number of thiazole rings is 2. The zero-order chi connectivity index (χ0) is 25.6. The first-order valence-electron chi connectivity index (χ1n) is 11.9. The molecule has 5 rings (SSSR count). The fourth-order valence-electron chi connectivity index (χ4n) is 3.78. The Balaban J connectivity index is 1.11. The molecule has 0 radical (unpaired) electrons. The highest BCUT2D eigenvalue weighted by Gasteiger charge is 2.17. The second-order valence-corrected chi connectivity index (χ2v) is 12.8. The summed E-state index contributed by atoms with van der Waals surface area (Å²) < 4.78 is 14.8. The monoisotopic (exact) mass is 574 g/mol. The minimum atomic E-state index is -0.0966. The van der Waals surface area contributed by atoms with Gasteiger partial charge >= 0.3 is 0 Å². The van der Waals surface area contributed by atoms with Crippen LogP contribution in [0.4, 0.5) is 5.69 Å². The predicted molar refractivity (Wildman–Crippen MR) is 152 cm³/mol. The van der Waals surface area contributed by atoms with E-state index >= 15 is 0 Å². The molecular formula is C25H26N4O4S4. The average Bonchev–Trinajstić information content (AvgIpc) is 3.64. The maximum atomic E-state index is 12.6. The van der Waals surface area contributed by atoms with E-state index in [1.54, 1.807) is 11.3 Å². The molecule has 2 N–H and O–H groups in total. The van der Waals surface area contributed by atoms with Crippen molar-refractivity contribution in [3.05, 3.63) is 36.4 Å². The standard InChI is InChI=1S/C25H26N4O4S4/c1-2-32-16-6-8-19-21(11-16)37-25(29-19)35-14-23(31)27-15-5-7-18-20(10-15)36-24(28-18)34-13-22(30)26-12-17-4-3-9-33-17/h5-8,10-11,17H,2-4,9,12-14H2,1H3,(H,26,30)(H,27,31)/t17-/m1/s1. The Labute approximate surface area is 230 Å². The third-order valence-electron chi connectivity index (χ3n) is 5.51. The van der Waals surface area contributed by atoms with Gasteiger partial charge in [0.15, 0.2) is 8.68 Å². The molecule has 0 spiro atoms. The van der Waals surface area contributed by atoms with Crippen molar-refractivity contribution in [1.29, 1.82) is 0 Å². The summed E-state index contributed by atoms with van der Waals surface area (Å²) in [4.78, 5) is 33.9. The molecular weight excluding hydrogens is 549 g/mol. The molecule has 2 aromatic carbocycles. The van der Waals surface area contributed by atoms with Crippen LogP contribution in [0.5, 0.6) is 5.75 Å². The van der Waals surface area contributed by atoms with E-state index in [9.17, 15) is 9.59 Å². The zero-order valence-electron chi connectivity index (χ0n) is 20.2. The molecule has 2 amide bonds. The molecule has 0 saturated carbocycles. The van der Waals surface area contributed by atoms with Gasteiger partial charge in [-0.2, -0.15) is 0 Å². The normalized spacial score (nSPS) is 15.3. The number of fused-ring (bicyclic) bond motifs is 2. The Morgan fingerprint density at radius 1 is 1.03 bits per heavy atom. The fourth-order valence-corrected chi connectivity index (χ4v) is 7.62. The number of nitrogens with zero attached hydrogens (tertiary/aromatic N) is 2. The van der Waals surface area contributed by atoms with Crippen LogP contribution in [0, 0.1) is 0 Å². The van der Waals surface area contributed by atoms with Crippen molar-refractivity contribution in [2.75, 3.05) is 36.6 Å². The summed E-state index contributed by atoms with van der Waals surface area (Å²) in [5, 5.41) is 5.89. The fraction of sp³-hybridized carbons (Fsp3) is 0.360. The van der Waals surface area contributed by atoms with Crippen molar-refractivity contribution >= 4 is 84.1 Å². The quantitative estimate of drug-likeness (QED) is 0.229. The molecule has 1 fully saturated rings. The van der Waals surface area contributed by atoms with Crippen LogP contribution in [-0.2, 0) is 14.3 Å². The van der Waals surface area contributed by atoms with Crippen LogP contribution in [0.2, 0.25) is 0 Å². The molecule has 2 aromatic heterocycles. The smallest absolute Gasteiger partial charge is 0.234 e. The molecule has 0 aliphatic carbocycles. The maximum absolute atomic E-state index is 12.6. The van der Waals surface area contributed by atoms with Gasteiger partial charge in [0.25, 0.3) is 0 Å². The number of thioether (sulfide) groups is 2. The topological polar surface area (TPSA) is 102 Å². The Morgan fingerprint density at radius 2 is 1.73 bits per heavy atom. The molecule has 1 aliphatic rings.